The lowest BCUT2D eigenvalue weighted by molar-refractivity contribution is -0.146. The number of amidine groups is 3. The molecule has 10 rings (SSSR count). The molecule has 0 spiro atoms. The minimum absolute atomic E-state index is 0.110. The van der Waals surface area contributed by atoms with Gasteiger partial charge in [0.2, 0.25) is 5.38 Å². The van der Waals surface area contributed by atoms with E-state index >= 15 is 4.79 Å². The fourth-order valence-corrected chi connectivity index (χ4v) is 14.0. The molecule has 4 aliphatic rings. The number of nitrogen functional groups attached to an aromatic ring is 1. The summed E-state index contributed by atoms with van der Waals surface area (Å²) in [6, 6.07) is 24.2. The van der Waals surface area contributed by atoms with Crippen LogP contribution in [0.25, 0.3) is 27.2 Å². The van der Waals surface area contributed by atoms with Gasteiger partial charge in [-0.25, -0.2) is 25.0 Å². The van der Waals surface area contributed by atoms with Crippen molar-refractivity contribution in [2.24, 2.45) is 25.0 Å². The minimum Gasteiger partial charge on any atom is -0.477 e. The third-order valence-corrected chi connectivity index (χ3v) is 18.1. The van der Waals surface area contributed by atoms with Crippen molar-refractivity contribution in [3.8, 4) is 0 Å². The number of esters is 3. The molecule has 0 amide bonds. The molecule has 17 heteroatoms. The third kappa shape index (κ3) is 8.57. The SMILES string of the molecule is COC(=O)CCC(=O)O/C1=C2/N=C(N=c3c4ccc(C(C)(C)C)cc4c4n3[Si]1(OC(=O)CCC(=O)OC)n1c(N)c3cc(C(C)(C)C)ccc3c1N=C1N=C(N=4)c3ccc(C(C)(C)C)cc31)c1cc(C(C)(C)C)ccc12. The molecular weight excluding hydrogens is 977 g/mol. The van der Waals surface area contributed by atoms with Crippen LogP contribution in [0.4, 0.5) is 11.6 Å². The smallest absolute Gasteiger partial charge is 0.477 e. The number of hydrogen-bond acceptors (Lipinski definition) is 14. The van der Waals surface area contributed by atoms with Crippen LogP contribution in [0.5, 0.6) is 0 Å². The van der Waals surface area contributed by atoms with Crippen LogP contribution in [0.15, 0.2) is 103 Å². The summed E-state index contributed by atoms with van der Waals surface area (Å²) in [6.07, 6.45) is -1.56. The fraction of sp³-hybridized carbons (Fsp3) is 0.373. The van der Waals surface area contributed by atoms with E-state index < -0.39 is 45.4 Å². The van der Waals surface area contributed by atoms with Crippen LogP contribution in [-0.2, 0) is 59.5 Å². The Morgan fingerprint density at radius 1 is 0.474 bits per heavy atom. The van der Waals surface area contributed by atoms with Crippen LogP contribution < -0.4 is 16.7 Å². The summed E-state index contributed by atoms with van der Waals surface area (Å²) in [6.45, 7) is 25.4. The molecule has 4 aliphatic heterocycles. The number of aliphatic imine (C=N–C) groups is 3. The Morgan fingerprint density at radius 2 is 0.921 bits per heavy atom. The molecule has 6 aromatic rings. The van der Waals surface area contributed by atoms with E-state index in [1.165, 1.54) is 14.2 Å². The van der Waals surface area contributed by atoms with Gasteiger partial charge in [-0.1, -0.05) is 132 Å². The highest BCUT2D eigenvalue weighted by atomic mass is 28.4. The molecular formula is C59H64N8O8Si. The van der Waals surface area contributed by atoms with Gasteiger partial charge in [-0.3, -0.25) is 27.6 Å². The van der Waals surface area contributed by atoms with E-state index in [1.807, 2.05) is 54.6 Å². The number of carbonyl (C=O) groups is 4. The van der Waals surface area contributed by atoms with Gasteiger partial charge in [-0.15, -0.1) is 0 Å². The highest BCUT2D eigenvalue weighted by Crippen LogP contribution is 2.47. The standard InChI is InChI=1S/C59H64N8O8Si/c1-56(2,3)31-17-21-37-39(27-31)48(60)66-52(37)65-51-41-29-33(58(7,8)9)16-20-36(41)49(62-51)63-54-42-30-34(59(10,11)12)18-22-38(42)53-64-50-40-28-32(57(4,5)6)15-19-35(40)47(61-50)55(74-45(70)25-23-43(68)72-13)76(66,67(53)54)75-46(71)26-24-44(69)73-14/h15-22,27-30H,23-26,60H2,1-14H3/b55-47-,63-54?,64-53?,65-51?. The maximum Gasteiger partial charge on any atom is 0.572 e. The van der Waals surface area contributed by atoms with Gasteiger partial charge in [0.1, 0.15) is 28.3 Å². The molecule has 4 bridgehead atoms. The lowest BCUT2D eigenvalue weighted by Gasteiger charge is -2.35. The van der Waals surface area contributed by atoms with Crippen LogP contribution in [0.2, 0.25) is 0 Å². The molecule has 0 saturated heterocycles. The van der Waals surface area contributed by atoms with Crippen molar-refractivity contribution in [3.63, 3.8) is 0 Å². The Hall–Kier alpha value is -7.79. The van der Waals surface area contributed by atoms with Crippen molar-refractivity contribution in [1.29, 1.82) is 0 Å². The van der Waals surface area contributed by atoms with Crippen molar-refractivity contribution < 1.29 is 37.8 Å². The second-order valence-corrected chi connectivity index (χ2v) is 26.8. The summed E-state index contributed by atoms with van der Waals surface area (Å²) in [5, 5.41) is 2.18. The second kappa shape index (κ2) is 17.9. The van der Waals surface area contributed by atoms with E-state index in [0.29, 0.717) is 61.3 Å². The zero-order valence-corrected chi connectivity index (χ0v) is 46.7. The maximum absolute atomic E-state index is 15.4. The van der Waals surface area contributed by atoms with Crippen molar-refractivity contribution in [3.05, 3.63) is 134 Å². The van der Waals surface area contributed by atoms with Crippen LogP contribution in [-0.4, -0.2) is 72.7 Å². The molecule has 1 unspecified atom stereocenters. The number of methoxy groups -OCH3 is 2. The van der Waals surface area contributed by atoms with E-state index in [0.717, 1.165) is 22.3 Å². The van der Waals surface area contributed by atoms with E-state index in [9.17, 15) is 14.4 Å². The zero-order chi connectivity index (χ0) is 54.8. The summed E-state index contributed by atoms with van der Waals surface area (Å²) >= 11 is 0. The normalized spacial score (nSPS) is 17.6. The van der Waals surface area contributed by atoms with E-state index in [2.05, 4.69) is 101 Å². The summed E-state index contributed by atoms with van der Waals surface area (Å²) < 4.78 is 27.7. The number of nitrogens with zero attached hydrogens (tertiary/aromatic N) is 7. The van der Waals surface area contributed by atoms with Crippen LogP contribution in [0.1, 0.15) is 153 Å². The van der Waals surface area contributed by atoms with E-state index in [1.54, 1.807) is 8.47 Å². The molecule has 0 saturated carbocycles. The minimum atomic E-state index is -5.30. The first-order valence-corrected chi connectivity index (χ1v) is 27.4. The first-order chi connectivity index (χ1) is 35.6. The molecule has 4 aromatic carbocycles. The highest BCUT2D eigenvalue weighted by Gasteiger charge is 2.60. The number of rotatable bonds is 8. The predicted molar refractivity (Wildman–Crippen MR) is 296 cm³/mol. The van der Waals surface area contributed by atoms with Crippen molar-refractivity contribution in [1.82, 2.24) is 8.47 Å². The second-order valence-electron chi connectivity index (χ2n) is 24.0. The first kappa shape index (κ1) is 51.7. The molecule has 2 N–H and O–H groups in total. The van der Waals surface area contributed by atoms with Crippen molar-refractivity contribution in [2.75, 3.05) is 20.0 Å². The molecule has 2 aromatic heterocycles. The van der Waals surface area contributed by atoms with Gasteiger partial charge >= 0.3 is 26.5 Å². The Labute approximate surface area is 442 Å². The average molecular weight is 1040 g/mol. The van der Waals surface area contributed by atoms with Crippen LogP contribution >= 0.6 is 0 Å². The number of ether oxygens (including phenoxy) is 3. The molecule has 6 heterocycles. The predicted octanol–water partition coefficient (Wildman–Crippen LogP) is 9.47. The molecule has 0 fully saturated rings. The van der Waals surface area contributed by atoms with Gasteiger partial charge in [-0.2, -0.15) is 0 Å². The Bertz CT molecular complexity index is 3830. The fourth-order valence-electron chi connectivity index (χ4n) is 10.1. The van der Waals surface area contributed by atoms with Gasteiger partial charge in [-0.05, 0) is 68.2 Å². The lowest BCUT2D eigenvalue weighted by Crippen LogP contribution is -2.65. The number of aromatic nitrogens is 2. The molecule has 0 radical (unpaired) electrons. The number of benzene rings is 4. The van der Waals surface area contributed by atoms with Gasteiger partial charge in [0.15, 0.2) is 17.5 Å². The molecule has 76 heavy (non-hydrogen) atoms. The monoisotopic (exact) mass is 1040 g/mol. The summed E-state index contributed by atoms with van der Waals surface area (Å²) in [7, 11) is -2.81. The molecule has 16 nitrogen and oxygen atoms in total. The van der Waals surface area contributed by atoms with Gasteiger partial charge in [0, 0.05) is 43.8 Å². The van der Waals surface area contributed by atoms with Crippen molar-refractivity contribution >= 4 is 88.9 Å². The van der Waals surface area contributed by atoms with E-state index in [4.69, 9.17) is 49.3 Å². The number of hydrogen-bond donors (Lipinski definition) is 1. The van der Waals surface area contributed by atoms with E-state index in [-0.39, 0.29) is 68.2 Å². The quantitative estimate of drug-likeness (QED) is 0.0875. The number of fused-ring (bicyclic) bond motifs is 15. The lowest BCUT2D eigenvalue weighted by atomic mass is 9.85. The summed E-state index contributed by atoms with van der Waals surface area (Å²) in [4.78, 5) is 83.3. The van der Waals surface area contributed by atoms with Gasteiger partial charge in [0.05, 0.1) is 39.9 Å². The summed E-state index contributed by atoms with van der Waals surface area (Å²) in [5.41, 5.74) is 13.7. The highest BCUT2D eigenvalue weighted by molar-refractivity contribution is 6.81. The molecule has 392 valence electrons. The first-order valence-electron chi connectivity index (χ1n) is 25.6. The Morgan fingerprint density at radius 3 is 1.49 bits per heavy atom. The molecule has 1 atom stereocenters. The largest absolute Gasteiger partial charge is 0.572 e. The topological polar surface area (TPSA) is 203 Å². The Kier molecular flexibility index (Phi) is 12.2. The van der Waals surface area contributed by atoms with Crippen LogP contribution in [0.3, 0.4) is 0 Å². The zero-order valence-electron chi connectivity index (χ0n) is 45.7. The Balaban J connectivity index is 1.49. The van der Waals surface area contributed by atoms with Gasteiger partial charge in [0.25, 0.3) is 5.97 Å². The number of nitrogens with two attached hydrogens (primary N) is 1. The number of anilines is 1. The van der Waals surface area contributed by atoms with Gasteiger partial charge < -0.3 is 24.4 Å². The third-order valence-electron chi connectivity index (χ3n) is 14.6. The van der Waals surface area contributed by atoms with Crippen molar-refractivity contribution in [2.45, 2.75) is 130 Å². The maximum atomic E-state index is 15.4. The van der Waals surface area contributed by atoms with Crippen LogP contribution in [0, 0.1) is 0 Å². The average Bonchev–Trinajstić information content (AvgIpc) is 4.08. The number of carbonyl (C=O) groups excluding carboxylic acids is 4. The molecule has 0 aliphatic carbocycles. The summed E-state index contributed by atoms with van der Waals surface area (Å²) in [5.74, 6) is -1.71.